The zero-order chi connectivity index (χ0) is 9.70. The third-order valence-electron chi connectivity index (χ3n) is 0.789. The molecule has 0 rings (SSSR count). The summed E-state index contributed by atoms with van der Waals surface area (Å²) in [6.07, 6.45) is 1.38. The van der Waals surface area contributed by atoms with E-state index in [1.807, 2.05) is 41.8 Å². The van der Waals surface area contributed by atoms with Crippen molar-refractivity contribution >= 4 is 5.78 Å². The summed E-state index contributed by atoms with van der Waals surface area (Å²) in [5, 5.41) is 2.75. The molecule has 0 spiro atoms. The molecule has 0 aliphatic heterocycles. The first kappa shape index (κ1) is 16.9. The van der Waals surface area contributed by atoms with Gasteiger partial charge in [0.2, 0.25) is 0 Å². The Kier molecular flexibility index (Phi) is 34.8. The van der Waals surface area contributed by atoms with Crippen molar-refractivity contribution in [1.82, 2.24) is 5.32 Å². The molecule has 0 bridgehead atoms. The Balaban J connectivity index is -0.000000109. The Labute approximate surface area is 71.4 Å². The summed E-state index contributed by atoms with van der Waals surface area (Å²) in [7, 11) is 3.75. The number of carbonyl (C=O) groups excluding carboxylic acids is 1. The topological polar surface area (TPSA) is 29.1 Å². The lowest BCUT2D eigenvalue weighted by Crippen LogP contribution is -1.89. The fourth-order valence-electron chi connectivity index (χ4n) is 0.250. The molecule has 0 aliphatic rings. The lowest BCUT2D eigenvalue weighted by molar-refractivity contribution is -0.118. The molecule has 0 aromatic carbocycles. The predicted octanol–water partition coefficient (Wildman–Crippen LogP) is 2.24. The molecule has 11 heavy (non-hydrogen) atoms. The first-order chi connectivity index (χ1) is 5.22. The maximum Gasteiger partial charge on any atom is 0.132 e. The average molecular weight is 161 g/mol. The van der Waals surface area contributed by atoms with E-state index < -0.39 is 0 Å². The van der Waals surface area contributed by atoms with Crippen molar-refractivity contribution in [3.63, 3.8) is 0 Å². The normalized spacial score (nSPS) is 6.73. The molecule has 0 unspecified atom stereocenters. The molecule has 0 saturated carbocycles. The summed E-state index contributed by atoms with van der Waals surface area (Å²) in [5.74, 6) is 0.343. The SMILES string of the molecule is CC.CCC(=O)CC.CNC. The van der Waals surface area contributed by atoms with E-state index in [1.54, 1.807) is 0 Å². The first-order valence-electron chi connectivity index (χ1n) is 4.33. The second-order valence-electron chi connectivity index (χ2n) is 1.75. The summed E-state index contributed by atoms with van der Waals surface area (Å²) < 4.78 is 0. The number of hydrogen-bond acceptors (Lipinski definition) is 2. The molecule has 2 nitrogen and oxygen atoms in total. The van der Waals surface area contributed by atoms with Gasteiger partial charge in [0, 0.05) is 12.8 Å². The van der Waals surface area contributed by atoms with Crippen molar-refractivity contribution in [3.05, 3.63) is 0 Å². The van der Waals surface area contributed by atoms with Crippen LogP contribution in [0.2, 0.25) is 0 Å². The average Bonchev–Trinajstić information content (AvgIpc) is 2.08. The molecule has 0 atom stereocenters. The van der Waals surface area contributed by atoms with Crippen LogP contribution in [0.25, 0.3) is 0 Å². The molecule has 1 N–H and O–H groups in total. The van der Waals surface area contributed by atoms with Crippen LogP contribution in [-0.4, -0.2) is 19.9 Å². The minimum absolute atomic E-state index is 0.343. The van der Waals surface area contributed by atoms with Crippen molar-refractivity contribution < 1.29 is 4.79 Å². The standard InChI is InChI=1S/C5H10O.C2H7N.C2H6/c1-3-5(6)4-2;1-3-2;1-2/h3-4H2,1-2H3;3H,1-2H3;1-2H3. The fraction of sp³-hybridized carbons (Fsp3) is 0.889. The second kappa shape index (κ2) is 22.6. The quantitative estimate of drug-likeness (QED) is 0.673. The third kappa shape index (κ3) is 42.5. The number of carbonyl (C=O) groups is 1. The minimum atomic E-state index is 0.343. The van der Waals surface area contributed by atoms with E-state index >= 15 is 0 Å². The van der Waals surface area contributed by atoms with E-state index in [2.05, 4.69) is 5.32 Å². The van der Waals surface area contributed by atoms with Gasteiger partial charge in [-0.1, -0.05) is 27.7 Å². The molecule has 70 valence electrons. The first-order valence-corrected chi connectivity index (χ1v) is 4.33. The van der Waals surface area contributed by atoms with Crippen LogP contribution in [0.1, 0.15) is 40.5 Å². The molecule has 0 amide bonds. The van der Waals surface area contributed by atoms with Crippen LogP contribution in [0.5, 0.6) is 0 Å². The van der Waals surface area contributed by atoms with E-state index in [0.29, 0.717) is 18.6 Å². The van der Waals surface area contributed by atoms with Crippen molar-refractivity contribution in [2.75, 3.05) is 14.1 Å². The van der Waals surface area contributed by atoms with E-state index in [4.69, 9.17) is 0 Å². The van der Waals surface area contributed by atoms with Crippen molar-refractivity contribution in [1.29, 1.82) is 0 Å². The monoisotopic (exact) mass is 161 g/mol. The summed E-state index contributed by atoms with van der Waals surface area (Å²) in [6.45, 7) is 7.76. The lowest BCUT2D eigenvalue weighted by atomic mass is 10.3. The van der Waals surface area contributed by atoms with E-state index in [-0.39, 0.29) is 0 Å². The third-order valence-corrected chi connectivity index (χ3v) is 0.789. The lowest BCUT2D eigenvalue weighted by Gasteiger charge is -1.81. The van der Waals surface area contributed by atoms with Crippen LogP contribution >= 0.6 is 0 Å². The van der Waals surface area contributed by atoms with Crippen molar-refractivity contribution in [2.24, 2.45) is 0 Å². The van der Waals surface area contributed by atoms with Crippen LogP contribution in [0.3, 0.4) is 0 Å². The smallest absolute Gasteiger partial charge is 0.132 e. The maximum atomic E-state index is 10.2. The minimum Gasteiger partial charge on any atom is -0.323 e. The highest BCUT2D eigenvalue weighted by molar-refractivity contribution is 5.77. The van der Waals surface area contributed by atoms with Crippen LogP contribution in [0.15, 0.2) is 0 Å². The highest BCUT2D eigenvalue weighted by Gasteiger charge is 1.86. The molecule has 0 aromatic rings. The van der Waals surface area contributed by atoms with Gasteiger partial charge in [0.1, 0.15) is 5.78 Å². The van der Waals surface area contributed by atoms with Gasteiger partial charge < -0.3 is 5.32 Å². The summed E-state index contributed by atoms with van der Waals surface area (Å²) >= 11 is 0. The highest BCUT2D eigenvalue weighted by Crippen LogP contribution is 1.82. The Morgan fingerprint density at radius 1 is 1.09 bits per heavy atom. The van der Waals surface area contributed by atoms with Gasteiger partial charge >= 0.3 is 0 Å². The molecule has 0 aliphatic carbocycles. The molecule has 2 heteroatoms. The Morgan fingerprint density at radius 2 is 1.27 bits per heavy atom. The molecule has 0 radical (unpaired) electrons. The Morgan fingerprint density at radius 3 is 1.27 bits per heavy atom. The van der Waals surface area contributed by atoms with Gasteiger partial charge in [-0.3, -0.25) is 4.79 Å². The zero-order valence-electron chi connectivity index (χ0n) is 8.82. The van der Waals surface area contributed by atoms with Gasteiger partial charge in [0.05, 0.1) is 0 Å². The van der Waals surface area contributed by atoms with Crippen LogP contribution in [0, 0.1) is 0 Å². The summed E-state index contributed by atoms with van der Waals surface area (Å²) in [5.41, 5.74) is 0. The largest absolute Gasteiger partial charge is 0.323 e. The van der Waals surface area contributed by atoms with Crippen LogP contribution < -0.4 is 5.32 Å². The van der Waals surface area contributed by atoms with E-state index in [1.165, 1.54) is 0 Å². The molecule has 0 fully saturated rings. The van der Waals surface area contributed by atoms with Gasteiger partial charge in [0.15, 0.2) is 0 Å². The summed E-state index contributed by atoms with van der Waals surface area (Å²) in [4.78, 5) is 10.2. The maximum absolute atomic E-state index is 10.2. The predicted molar refractivity (Wildman–Crippen MR) is 51.9 cm³/mol. The Bertz CT molecular complexity index is 56.6. The molecule has 0 heterocycles. The number of ketones is 1. The number of nitrogens with one attached hydrogen (secondary N) is 1. The number of Topliss-reactive ketones (excluding diaryl/α,β-unsaturated/α-hetero) is 1. The van der Waals surface area contributed by atoms with E-state index in [0.717, 1.165) is 0 Å². The Hall–Kier alpha value is -0.370. The highest BCUT2D eigenvalue weighted by atomic mass is 16.1. The van der Waals surface area contributed by atoms with Gasteiger partial charge in [0.25, 0.3) is 0 Å². The van der Waals surface area contributed by atoms with Crippen molar-refractivity contribution in [3.8, 4) is 0 Å². The van der Waals surface area contributed by atoms with E-state index in [9.17, 15) is 4.79 Å². The molecule has 0 aromatic heterocycles. The van der Waals surface area contributed by atoms with Gasteiger partial charge in [-0.15, -0.1) is 0 Å². The zero-order valence-corrected chi connectivity index (χ0v) is 8.82. The fourth-order valence-corrected chi connectivity index (χ4v) is 0.250. The number of hydrogen-bond donors (Lipinski definition) is 1. The van der Waals surface area contributed by atoms with Gasteiger partial charge in [-0.05, 0) is 14.1 Å². The summed E-state index contributed by atoms with van der Waals surface area (Å²) in [6, 6.07) is 0. The van der Waals surface area contributed by atoms with Gasteiger partial charge in [-0.25, -0.2) is 0 Å². The van der Waals surface area contributed by atoms with Crippen LogP contribution in [0.4, 0.5) is 0 Å². The van der Waals surface area contributed by atoms with Crippen molar-refractivity contribution in [2.45, 2.75) is 40.5 Å². The van der Waals surface area contributed by atoms with Gasteiger partial charge in [-0.2, -0.15) is 0 Å². The van der Waals surface area contributed by atoms with Crippen LogP contribution in [-0.2, 0) is 4.79 Å². The molecule has 0 saturated heterocycles. The molecular weight excluding hydrogens is 138 g/mol. The second-order valence-corrected chi connectivity index (χ2v) is 1.75. The number of rotatable bonds is 2. The molecular formula is C9H23NO.